The van der Waals surface area contributed by atoms with E-state index in [0.717, 1.165) is 12.0 Å². The van der Waals surface area contributed by atoms with Crippen molar-refractivity contribution in [3.8, 4) is 6.07 Å². The summed E-state index contributed by atoms with van der Waals surface area (Å²) in [5, 5.41) is 11.8. The van der Waals surface area contributed by atoms with Gasteiger partial charge in [-0.3, -0.25) is 9.59 Å². The molecular weight excluding hydrogens is 266 g/mol. The molecule has 5 nitrogen and oxygen atoms in total. The predicted octanol–water partition coefficient (Wildman–Crippen LogP) is 1.34. The molecule has 0 fully saturated rings. The Balaban J connectivity index is 2.10. The highest BCUT2D eigenvalue weighted by atomic mass is 16.2. The van der Waals surface area contributed by atoms with Crippen LogP contribution >= 0.6 is 0 Å². The van der Waals surface area contributed by atoms with Crippen molar-refractivity contribution in [2.45, 2.75) is 26.8 Å². The molecule has 1 aliphatic carbocycles. The number of allylic oxidation sites excluding steroid dienone is 3. The summed E-state index contributed by atoms with van der Waals surface area (Å²) in [6.45, 7) is 3.89. The summed E-state index contributed by atoms with van der Waals surface area (Å²) in [6, 6.07) is 3.65. The lowest BCUT2D eigenvalue weighted by molar-refractivity contribution is -0.121. The number of nitrogens with one attached hydrogen (secondary N) is 1. The lowest BCUT2D eigenvalue weighted by atomic mass is 10.1. The lowest BCUT2D eigenvalue weighted by Crippen LogP contribution is -2.35. The van der Waals surface area contributed by atoms with Crippen molar-refractivity contribution in [2.75, 3.05) is 6.54 Å². The molecule has 1 amide bonds. The van der Waals surface area contributed by atoms with E-state index in [1.54, 1.807) is 19.9 Å². The molecule has 5 heteroatoms. The van der Waals surface area contributed by atoms with Crippen molar-refractivity contribution < 1.29 is 4.79 Å². The van der Waals surface area contributed by atoms with E-state index in [-0.39, 0.29) is 18.0 Å². The first kappa shape index (κ1) is 14.8. The summed E-state index contributed by atoms with van der Waals surface area (Å²) < 4.78 is 1.34. The molecule has 1 heterocycles. The van der Waals surface area contributed by atoms with E-state index >= 15 is 0 Å². The molecular formula is C16H17N3O2. The summed E-state index contributed by atoms with van der Waals surface area (Å²) in [4.78, 5) is 24.1. The van der Waals surface area contributed by atoms with Gasteiger partial charge in [-0.25, -0.2) is 0 Å². The summed E-state index contributed by atoms with van der Waals surface area (Å²) >= 11 is 0. The van der Waals surface area contributed by atoms with Crippen molar-refractivity contribution in [1.29, 1.82) is 5.26 Å². The van der Waals surface area contributed by atoms with E-state index in [4.69, 9.17) is 5.26 Å². The molecule has 0 saturated heterocycles. The fraction of sp³-hybridized carbons (Fsp3) is 0.312. The number of rotatable bonds is 4. The number of hydrogen-bond donors (Lipinski definition) is 1. The third-order valence-corrected chi connectivity index (χ3v) is 3.48. The zero-order valence-electron chi connectivity index (χ0n) is 12.1. The SMILES string of the molecule is Cc1cc(C)n(CC(=O)NCC2=CC=CC2)c(=O)c1C#N. The largest absolute Gasteiger partial charge is 0.351 e. The zero-order valence-corrected chi connectivity index (χ0v) is 12.1. The van der Waals surface area contributed by atoms with Gasteiger partial charge in [0.25, 0.3) is 5.56 Å². The second kappa shape index (κ2) is 6.23. The van der Waals surface area contributed by atoms with E-state index in [9.17, 15) is 9.59 Å². The first-order valence-electron chi connectivity index (χ1n) is 6.75. The van der Waals surface area contributed by atoms with Gasteiger partial charge in [-0.05, 0) is 37.5 Å². The van der Waals surface area contributed by atoms with Crippen LogP contribution in [-0.4, -0.2) is 17.0 Å². The second-order valence-corrected chi connectivity index (χ2v) is 5.08. The molecule has 0 aromatic carbocycles. The van der Waals surface area contributed by atoms with Gasteiger partial charge in [0.1, 0.15) is 18.2 Å². The van der Waals surface area contributed by atoms with Crippen molar-refractivity contribution >= 4 is 5.91 Å². The topological polar surface area (TPSA) is 74.9 Å². The molecule has 1 N–H and O–H groups in total. The fourth-order valence-electron chi connectivity index (χ4n) is 2.29. The van der Waals surface area contributed by atoms with Crippen LogP contribution in [0, 0.1) is 25.2 Å². The molecule has 0 unspecified atom stereocenters. The second-order valence-electron chi connectivity index (χ2n) is 5.08. The minimum atomic E-state index is -0.410. The van der Waals surface area contributed by atoms with Crippen LogP contribution in [0.3, 0.4) is 0 Å². The first-order chi connectivity index (χ1) is 10.0. The van der Waals surface area contributed by atoms with Crippen molar-refractivity contribution in [1.82, 2.24) is 9.88 Å². The molecule has 2 rings (SSSR count). The number of pyridine rings is 1. The Morgan fingerprint density at radius 2 is 2.24 bits per heavy atom. The number of carbonyl (C=O) groups excluding carboxylic acids is 1. The Hall–Kier alpha value is -2.61. The van der Waals surface area contributed by atoms with Crippen LogP contribution in [0.2, 0.25) is 0 Å². The van der Waals surface area contributed by atoms with E-state index in [1.165, 1.54) is 4.57 Å². The number of carbonyl (C=O) groups is 1. The van der Waals surface area contributed by atoms with E-state index in [1.807, 2.05) is 24.3 Å². The van der Waals surface area contributed by atoms with E-state index < -0.39 is 5.56 Å². The van der Waals surface area contributed by atoms with Gasteiger partial charge < -0.3 is 9.88 Å². The summed E-state index contributed by atoms with van der Waals surface area (Å²) in [5.41, 5.74) is 2.13. The van der Waals surface area contributed by atoms with Gasteiger partial charge in [0.15, 0.2) is 0 Å². The molecule has 0 bridgehead atoms. The van der Waals surface area contributed by atoms with Gasteiger partial charge in [0, 0.05) is 12.2 Å². The van der Waals surface area contributed by atoms with Crippen LogP contribution in [0.25, 0.3) is 0 Å². The maximum atomic E-state index is 12.2. The number of aromatic nitrogens is 1. The van der Waals surface area contributed by atoms with Gasteiger partial charge in [-0.1, -0.05) is 18.2 Å². The predicted molar refractivity (Wildman–Crippen MR) is 79.7 cm³/mol. The Morgan fingerprint density at radius 3 is 2.86 bits per heavy atom. The standard InChI is InChI=1S/C16H17N3O2/c1-11-7-12(2)19(16(21)14(11)8-17)10-15(20)18-9-13-5-3-4-6-13/h3-5,7H,6,9-10H2,1-2H3,(H,18,20). The van der Waals surface area contributed by atoms with Crippen LogP contribution in [0.15, 0.2) is 34.7 Å². The minimum absolute atomic E-state index is 0.0691. The van der Waals surface area contributed by atoms with E-state index in [2.05, 4.69) is 5.32 Å². The number of nitrogens with zero attached hydrogens (tertiary/aromatic N) is 2. The molecule has 0 saturated carbocycles. The molecule has 1 aliphatic rings. The molecule has 0 radical (unpaired) electrons. The van der Waals surface area contributed by atoms with Crippen molar-refractivity contribution in [2.24, 2.45) is 0 Å². The van der Waals surface area contributed by atoms with Gasteiger partial charge in [-0.15, -0.1) is 0 Å². The molecule has 108 valence electrons. The molecule has 1 aromatic heterocycles. The molecule has 0 spiro atoms. The quantitative estimate of drug-likeness (QED) is 0.906. The highest BCUT2D eigenvalue weighted by Gasteiger charge is 2.13. The Bertz CT molecular complexity index is 733. The highest BCUT2D eigenvalue weighted by molar-refractivity contribution is 5.76. The Kier molecular flexibility index (Phi) is 4.39. The fourth-order valence-corrected chi connectivity index (χ4v) is 2.29. The summed E-state index contributed by atoms with van der Waals surface area (Å²) in [7, 11) is 0. The van der Waals surface area contributed by atoms with E-state index in [0.29, 0.717) is 17.8 Å². The summed E-state index contributed by atoms with van der Waals surface area (Å²) in [5.74, 6) is -0.235. The molecule has 0 atom stereocenters. The number of amides is 1. The van der Waals surface area contributed by atoms with Crippen molar-refractivity contribution in [3.63, 3.8) is 0 Å². The van der Waals surface area contributed by atoms with Gasteiger partial charge in [-0.2, -0.15) is 5.26 Å². The van der Waals surface area contributed by atoms with Crippen LogP contribution in [-0.2, 0) is 11.3 Å². The highest BCUT2D eigenvalue weighted by Crippen LogP contribution is 2.08. The molecule has 0 aliphatic heterocycles. The maximum absolute atomic E-state index is 12.2. The zero-order chi connectivity index (χ0) is 15.4. The number of aryl methyl sites for hydroxylation is 2. The Labute approximate surface area is 123 Å². The average molecular weight is 283 g/mol. The van der Waals surface area contributed by atoms with Gasteiger partial charge >= 0.3 is 0 Å². The van der Waals surface area contributed by atoms with Crippen LogP contribution < -0.4 is 10.9 Å². The number of nitriles is 1. The normalized spacial score (nSPS) is 12.9. The smallest absolute Gasteiger partial charge is 0.269 e. The Morgan fingerprint density at radius 1 is 1.48 bits per heavy atom. The van der Waals surface area contributed by atoms with Crippen LogP contribution in [0.4, 0.5) is 0 Å². The van der Waals surface area contributed by atoms with Crippen LogP contribution in [0.5, 0.6) is 0 Å². The lowest BCUT2D eigenvalue weighted by Gasteiger charge is -2.12. The monoisotopic (exact) mass is 283 g/mol. The van der Waals surface area contributed by atoms with Gasteiger partial charge in [0.05, 0.1) is 0 Å². The molecule has 21 heavy (non-hydrogen) atoms. The van der Waals surface area contributed by atoms with Crippen LogP contribution in [0.1, 0.15) is 23.2 Å². The third-order valence-electron chi connectivity index (χ3n) is 3.48. The van der Waals surface area contributed by atoms with Crippen molar-refractivity contribution in [3.05, 3.63) is 57.0 Å². The average Bonchev–Trinajstić information content (AvgIpc) is 2.95. The maximum Gasteiger partial charge on any atom is 0.269 e. The summed E-state index contributed by atoms with van der Waals surface area (Å²) in [6.07, 6.45) is 6.80. The third kappa shape index (κ3) is 3.29. The molecule has 1 aromatic rings. The minimum Gasteiger partial charge on any atom is -0.351 e. The number of hydrogen-bond acceptors (Lipinski definition) is 3. The van der Waals surface area contributed by atoms with Gasteiger partial charge in [0.2, 0.25) is 5.91 Å². The first-order valence-corrected chi connectivity index (χ1v) is 6.75.